The van der Waals surface area contributed by atoms with E-state index >= 15 is 0 Å². The number of benzene rings is 1. The van der Waals surface area contributed by atoms with Gasteiger partial charge in [-0.05, 0) is 43.4 Å². The summed E-state index contributed by atoms with van der Waals surface area (Å²) in [7, 11) is 0. The maximum atomic E-state index is 12.4. The summed E-state index contributed by atoms with van der Waals surface area (Å²) >= 11 is 0. The Morgan fingerprint density at radius 1 is 1.24 bits per heavy atom. The second kappa shape index (κ2) is 7.08. The third-order valence-electron chi connectivity index (χ3n) is 4.66. The molecule has 0 spiro atoms. The van der Waals surface area contributed by atoms with Crippen molar-refractivity contribution >= 4 is 11.6 Å². The van der Waals surface area contributed by atoms with Crippen LogP contribution < -0.4 is 10.2 Å². The Balaban J connectivity index is 1.93. The molecule has 0 saturated carbocycles. The van der Waals surface area contributed by atoms with E-state index in [4.69, 9.17) is 0 Å². The quantitative estimate of drug-likeness (QED) is 0.877. The lowest BCUT2D eigenvalue weighted by Gasteiger charge is -2.31. The zero-order valence-corrected chi connectivity index (χ0v) is 13.8. The van der Waals surface area contributed by atoms with Crippen LogP contribution in [0.2, 0.25) is 0 Å². The Labute approximate surface area is 128 Å². The molecular weight excluding hydrogens is 260 g/mol. The molecular formula is C18H29N2O+. The largest absolute Gasteiger partial charge is 0.325 e. The van der Waals surface area contributed by atoms with Crippen LogP contribution in [-0.4, -0.2) is 25.0 Å². The smallest absolute Gasteiger partial charge is 0.282 e. The molecule has 3 heteroatoms. The number of piperidine rings is 1. The zero-order valence-electron chi connectivity index (χ0n) is 13.8. The van der Waals surface area contributed by atoms with Crippen molar-refractivity contribution in [1.29, 1.82) is 0 Å². The summed E-state index contributed by atoms with van der Waals surface area (Å²) < 4.78 is 0. The molecule has 1 unspecified atom stereocenters. The number of carbonyl (C=O) groups excluding carboxylic acids is 1. The van der Waals surface area contributed by atoms with E-state index < -0.39 is 0 Å². The van der Waals surface area contributed by atoms with Crippen molar-refractivity contribution in [1.82, 2.24) is 0 Å². The molecule has 3 nitrogen and oxygen atoms in total. The molecule has 1 aromatic rings. The fourth-order valence-electron chi connectivity index (χ4n) is 3.11. The molecule has 1 aromatic carbocycles. The highest BCUT2D eigenvalue weighted by molar-refractivity contribution is 5.93. The molecule has 1 amide bonds. The van der Waals surface area contributed by atoms with E-state index in [1.54, 1.807) is 0 Å². The topological polar surface area (TPSA) is 33.5 Å². The Kier molecular flexibility index (Phi) is 5.40. The van der Waals surface area contributed by atoms with E-state index in [-0.39, 0.29) is 11.9 Å². The van der Waals surface area contributed by atoms with Crippen LogP contribution in [0.5, 0.6) is 0 Å². The molecule has 0 aromatic heterocycles. The van der Waals surface area contributed by atoms with Crippen molar-refractivity contribution in [2.75, 3.05) is 18.4 Å². The number of hydrogen-bond acceptors (Lipinski definition) is 1. The first-order valence-electron chi connectivity index (χ1n) is 8.22. The maximum absolute atomic E-state index is 12.4. The minimum absolute atomic E-state index is 0.0255. The molecule has 2 N–H and O–H groups in total. The molecule has 21 heavy (non-hydrogen) atoms. The lowest BCUT2D eigenvalue weighted by atomic mass is 9.99. The minimum Gasteiger partial charge on any atom is -0.325 e. The highest BCUT2D eigenvalue weighted by Crippen LogP contribution is 2.17. The van der Waals surface area contributed by atoms with Crippen molar-refractivity contribution in [2.24, 2.45) is 5.92 Å². The lowest BCUT2D eigenvalue weighted by molar-refractivity contribution is -0.922. The van der Waals surface area contributed by atoms with Gasteiger partial charge in [0.25, 0.3) is 5.91 Å². The Morgan fingerprint density at radius 2 is 1.90 bits per heavy atom. The van der Waals surface area contributed by atoms with Crippen LogP contribution >= 0.6 is 0 Å². The summed E-state index contributed by atoms with van der Waals surface area (Å²) in [6, 6.07) is 8.24. The van der Waals surface area contributed by atoms with Crippen LogP contribution in [0.15, 0.2) is 24.3 Å². The van der Waals surface area contributed by atoms with Crippen LogP contribution in [0.25, 0.3) is 0 Å². The second-order valence-electron chi connectivity index (χ2n) is 6.85. The molecule has 1 aliphatic heterocycles. The predicted octanol–water partition coefficient (Wildman–Crippen LogP) is 2.45. The number of nitrogens with one attached hydrogen (secondary N) is 2. The highest BCUT2D eigenvalue weighted by Gasteiger charge is 2.29. The molecule has 1 aliphatic rings. The van der Waals surface area contributed by atoms with Gasteiger partial charge in [0.2, 0.25) is 0 Å². The third-order valence-corrected chi connectivity index (χ3v) is 4.66. The molecule has 3 atom stereocenters. The van der Waals surface area contributed by atoms with Gasteiger partial charge in [-0.3, -0.25) is 4.79 Å². The van der Waals surface area contributed by atoms with E-state index in [1.165, 1.54) is 23.3 Å². The second-order valence-corrected chi connectivity index (χ2v) is 6.85. The maximum Gasteiger partial charge on any atom is 0.282 e. The number of likely N-dealkylation sites (tertiary alicyclic amines) is 1. The van der Waals surface area contributed by atoms with Crippen LogP contribution in [-0.2, 0) is 4.79 Å². The van der Waals surface area contributed by atoms with Crippen LogP contribution in [0.3, 0.4) is 0 Å². The number of rotatable bonds is 4. The van der Waals surface area contributed by atoms with Gasteiger partial charge >= 0.3 is 0 Å². The van der Waals surface area contributed by atoms with Gasteiger partial charge in [-0.1, -0.05) is 32.9 Å². The van der Waals surface area contributed by atoms with Crippen molar-refractivity contribution in [2.45, 2.75) is 52.5 Å². The standard InChI is InChI=1S/C18H28N2O/c1-13(2)16-7-9-17(10-8-16)19-18(21)15(4)20-11-5-6-14(3)12-20/h7-10,13-15H,5-6,11-12H2,1-4H3,(H,19,21)/p+1/t14-,15+/m1/s1. The fraction of sp³-hybridized carbons (Fsp3) is 0.611. The Morgan fingerprint density at radius 3 is 2.48 bits per heavy atom. The number of hydrogen-bond donors (Lipinski definition) is 2. The van der Waals surface area contributed by atoms with Crippen LogP contribution in [0.1, 0.15) is 52.0 Å². The number of carbonyl (C=O) groups is 1. The summed E-state index contributed by atoms with van der Waals surface area (Å²) in [5, 5.41) is 3.06. The molecule has 1 heterocycles. The van der Waals surface area contributed by atoms with Gasteiger partial charge in [0, 0.05) is 11.6 Å². The summed E-state index contributed by atoms with van der Waals surface area (Å²) in [5.41, 5.74) is 2.21. The molecule has 0 aliphatic carbocycles. The lowest BCUT2D eigenvalue weighted by Crippen LogP contribution is -3.17. The normalized spacial score (nSPS) is 23.9. The first-order chi connectivity index (χ1) is 9.97. The van der Waals surface area contributed by atoms with E-state index in [0.29, 0.717) is 5.92 Å². The van der Waals surface area contributed by atoms with E-state index in [1.807, 2.05) is 19.1 Å². The minimum atomic E-state index is 0.0255. The molecule has 116 valence electrons. The van der Waals surface area contributed by atoms with Gasteiger partial charge in [-0.2, -0.15) is 0 Å². The summed E-state index contributed by atoms with van der Waals surface area (Å²) in [5.74, 6) is 1.39. The molecule has 0 bridgehead atoms. The summed E-state index contributed by atoms with van der Waals surface area (Å²) in [4.78, 5) is 13.8. The van der Waals surface area contributed by atoms with E-state index in [9.17, 15) is 4.79 Å². The van der Waals surface area contributed by atoms with Crippen LogP contribution in [0, 0.1) is 5.92 Å². The number of anilines is 1. The summed E-state index contributed by atoms with van der Waals surface area (Å²) in [6.07, 6.45) is 2.53. The van der Waals surface area contributed by atoms with Crippen molar-refractivity contribution < 1.29 is 9.69 Å². The van der Waals surface area contributed by atoms with Crippen molar-refractivity contribution in [3.8, 4) is 0 Å². The van der Waals surface area contributed by atoms with Gasteiger partial charge < -0.3 is 10.2 Å². The van der Waals surface area contributed by atoms with Gasteiger partial charge in [0.15, 0.2) is 6.04 Å². The van der Waals surface area contributed by atoms with Crippen LogP contribution in [0.4, 0.5) is 5.69 Å². The molecule has 0 radical (unpaired) electrons. The Bertz CT molecular complexity index is 467. The van der Waals surface area contributed by atoms with Gasteiger partial charge in [0.05, 0.1) is 13.1 Å². The van der Waals surface area contributed by atoms with Gasteiger partial charge in [-0.15, -0.1) is 0 Å². The SMILES string of the molecule is CC(C)c1ccc(NC(=O)[C@H](C)[NH+]2CCC[C@@H](C)C2)cc1. The predicted molar refractivity (Wildman–Crippen MR) is 87.7 cm³/mol. The average Bonchev–Trinajstić information content (AvgIpc) is 2.47. The van der Waals surface area contributed by atoms with E-state index in [0.717, 1.165) is 24.7 Å². The first-order valence-corrected chi connectivity index (χ1v) is 8.22. The number of quaternary nitrogens is 1. The average molecular weight is 289 g/mol. The fourth-order valence-corrected chi connectivity index (χ4v) is 3.11. The molecule has 1 fully saturated rings. The monoisotopic (exact) mass is 289 g/mol. The highest BCUT2D eigenvalue weighted by atomic mass is 16.2. The number of amides is 1. The molecule has 1 saturated heterocycles. The van der Waals surface area contributed by atoms with Crippen molar-refractivity contribution in [3.05, 3.63) is 29.8 Å². The van der Waals surface area contributed by atoms with Gasteiger partial charge in [0.1, 0.15) is 0 Å². The zero-order chi connectivity index (χ0) is 15.4. The van der Waals surface area contributed by atoms with Gasteiger partial charge in [-0.25, -0.2) is 0 Å². The first kappa shape index (κ1) is 16.0. The Hall–Kier alpha value is -1.35. The van der Waals surface area contributed by atoms with Crippen molar-refractivity contribution in [3.63, 3.8) is 0 Å². The van der Waals surface area contributed by atoms with E-state index in [2.05, 4.69) is 38.2 Å². The summed E-state index contributed by atoms with van der Waals surface area (Å²) in [6.45, 7) is 10.9. The molecule has 2 rings (SSSR count). The third kappa shape index (κ3) is 4.31.